The van der Waals surface area contributed by atoms with Gasteiger partial charge in [-0.1, -0.05) is 54.6 Å². The molecule has 2 amide bonds. The molecular weight excluding hydrogens is 442 g/mol. The molecule has 1 atom stereocenters. The number of carbonyl (C=O) groups excluding carboxylic acids is 2. The molecule has 1 heterocycles. The van der Waals surface area contributed by atoms with Crippen LogP contribution in [0.15, 0.2) is 78.9 Å². The van der Waals surface area contributed by atoms with Crippen LogP contribution in [0, 0.1) is 0 Å². The molecule has 5 nitrogen and oxygen atoms in total. The molecule has 3 aromatic carbocycles. The van der Waals surface area contributed by atoms with Crippen LogP contribution >= 0.6 is 11.8 Å². The largest absolute Gasteiger partial charge is 0.372 e. The minimum atomic E-state index is -0.101. The molecule has 0 saturated carbocycles. The first-order valence-electron chi connectivity index (χ1n) is 11.8. The number of hydrogen-bond donors (Lipinski definition) is 1. The molecule has 0 spiro atoms. The molecule has 1 N–H and O–H groups in total. The van der Waals surface area contributed by atoms with E-state index in [1.165, 1.54) is 5.69 Å². The highest BCUT2D eigenvalue weighted by Crippen LogP contribution is 2.39. The van der Waals surface area contributed by atoms with Gasteiger partial charge in [0.2, 0.25) is 5.91 Å². The fourth-order valence-corrected chi connectivity index (χ4v) is 5.37. The molecule has 1 saturated heterocycles. The van der Waals surface area contributed by atoms with Crippen molar-refractivity contribution < 1.29 is 9.59 Å². The van der Waals surface area contributed by atoms with Gasteiger partial charge in [0.25, 0.3) is 5.91 Å². The van der Waals surface area contributed by atoms with Crippen molar-refractivity contribution in [2.45, 2.75) is 32.3 Å². The number of nitrogens with one attached hydrogen (secondary N) is 1. The van der Waals surface area contributed by atoms with Crippen LogP contribution in [0.1, 0.15) is 46.3 Å². The van der Waals surface area contributed by atoms with Crippen molar-refractivity contribution in [3.8, 4) is 0 Å². The summed E-state index contributed by atoms with van der Waals surface area (Å²) in [5.41, 5.74) is 5.03. The molecule has 1 fully saturated rings. The molecule has 4 rings (SSSR count). The maximum absolute atomic E-state index is 12.7. The summed E-state index contributed by atoms with van der Waals surface area (Å²) in [5, 5.41) is 2.97. The Morgan fingerprint density at radius 2 is 1.62 bits per heavy atom. The number of benzene rings is 3. The average Bonchev–Trinajstić information content (AvgIpc) is 3.24. The Hall–Kier alpha value is -3.25. The molecule has 34 heavy (non-hydrogen) atoms. The van der Waals surface area contributed by atoms with E-state index in [1.807, 2.05) is 59.5 Å². The maximum Gasteiger partial charge on any atom is 0.251 e. The van der Waals surface area contributed by atoms with Crippen LogP contribution in [0.4, 0.5) is 5.69 Å². The normalized spacial score (nSPS) is 15.4. The molecule has 1 aliphatic heterocycles. The lowest BCUT2D eigenvalue weighted by Gasteiger charge is -2.24. The second kappa shape index (κ2) is 11.3. The number of thioether (sulfide) groups is 1. The van der Waals surface area contributed by atoms with Gasteiger partial charge in [0.05, 0.1) is 5.75 Å². The van der Waals surface area contributed by atoms with Gasteiger partial charge in [-0.2, -0.15) is 0 Å². The van der Waals surface area contributed by atoms with Crippen LogP contribution in [-0.4, -0.2) is 35.6 Å². The van der Waals surface area contributed by atoms with E-state index in [4.69, 9.17) is 0 Å². The number of anilines is 1. The van der Waals surface area contributed by atoms with E-state index in [1.54, 1.807) is 11.8 Å². The Labute approximate surface area is 206 Å². The molecule has 0 radical (unpaired) electrons. The number of nitrogens with zero attached hydrogens (tertiary/aromatic N) is 2. The monoisotopic (exact) mass is 473 g/mol. The Morgan fingerprint density at radius 3 is 2.26 bits per heavy atom. The second-order valence-corrected chi connectivity index (χ2v) is 9.38. The first-order chi connectivity index (χ1) is 16.6. The van der Waals surface area contributed by atoms with E-state index < -0.39 is 0 Å². The Bertz CT molecular complexity index is 1100. The predicted octanol–water partition coefficient (Wildman–Crippen LogP) is 5.24. The Balaban J connectivity index is 1.36. The second-order valence-electron chi connectivity index (χ2n) is 8.31. The minimum absolute atomic E-state index is 0.0332. The minimum Gasteiger partial charge on any atom is -0.372 e. The smallest absolute Gasteiger partial charge is 0.251 e. The number of hydrogen-bond acceptors (Lipinski definition) is 4. The summed E-state index contributed by atoms with van der Waals surface area (Å²) in [6.45, 7) is 7.31. The van der Waals surface area contributed by atoms with Crippen molar-refractivity contribution in [3.05, 3.63) is 101 Å². The zero-order valence-electron chi connectivity index (χ0n) is 19.7. The SMILES string of the molecule is CCN(CC)c1ccc(CNC(=O)c2ccc([C@H]3SCC(=O)N3Cc3ccccc3)cc2)cc1. The summed E-state index contributed by atoms with van der Waals surface area (Å²) < 4.78 is 0. The van der Waals surface area contributed by atoms with Gasteiger partial charge in [0, 0.05) is 37.4 Å². The van der Waals surface area contributed by atoms with Gasteiger partial charge in [-0.25, -0.2) is 0 Å². The molecule has 1 aliphatic rings. The average molecular weight is 474 g/mol. The van der Waals surface area contributed by atoms with Crippen LogP contribution in [0.3, 0.4) is 0 Å². The van der Waals surface area contributed by atoms with E-state index in [-0.39, 0.29) is 17.2 Å². The fraction of sp³-hybridized carbons (Fsp3) is 0.286. The lowest BCUT2D eigenvalue weighted by atomic mass is 10.1. The third kappa shape index (κ3) is 5.62. The Kier molecular flexibility index (Phi) is 7.91. The maximum atomic E-state index is 12.7. The van der Waals surface area contributed by atoms with Gasteiger partial charge in [-0.15, -0.1) is 11.8 Å². The summed E-state index contributed by atoms with van der Waals surface area (Å²) in [4.78, 5) is 29.4. The van der Waals surface area contributed by atoms with E-state index >= 15 is 0 Å². The van der Waals surface area contributed by atoms with Crippen LogP contribution in [-0.2, 0) is 17.9 Å². The van der Waals surface area contributed by atoms with Crippen molar-refractivity contribution in [1.29, 1.82) is 0 Å². The summed E-state index contributed by atoms with van der Waals surface area (Å²) in [7, 11) is 0. The summed E-state index contributed by atoms with van der Waals surface area (Å²) in [6, 6.07) is 26.0. The number of amides is 2. The highest BCUT2D eigenvalue weighted by molar-refractivity contribution is 8.00. The van der Waals surface area contributed by atoms with E-state index in [0.717, 1.165) is 29.8 Å². The van der Waals surface area contributed by atoms with Crippen molar-refractivity contribution in [1.82, 2.24) is 10.2 Å². The number of carbonyl (C=O) groups is 2. The molecule has 0 aliphatic carbocycles. The lowest BCUT2D eigenvalue weighted by molar-refractivity contribution is -0.128. The molecule has 0 aromatic heterocycles. The zero-order valence-corrected chi connectivity index (χ0v) is 20.6. The fourth-order valence-electron chi connectivity index (χ4n) is 4.18. The molecule has 6 heteroatoms. The van der Waals surface area contributed by atoms with Gasteiger partial charge >= 0.3 is 0 Å². The topological polar surface area (TPSA) is 52.7 Å². The standard InChI is InChI=1S/C28H31N3O2S/c1-3-30(4-2)25-16-10-21(11-17-25)18-29-27(33)23-12-14-24(15-13-23)28-31(26(32)20-34-28)19-22-8-6-5-7-9-22/h5-17,28H,3-4,18-20H2,1-2H3,(H,29,33)/t28-/m1/s1. The third-order valence-corrected chi connectivity index (χ3v) is 7.40. The highest BCUT2D eigenvalue weighted by Gasteiger charge is 2.32. The third-order valence-electron chi connectivity index (χ3n) is 6.14. The van der Waals surface area contributed by atoms with Gasteiger partial charge < -0.3 is 15.1 Å². The van der Waals surface area contributed by atoms with Crippen LogP contribution < -0.4 is 10.2 Å². The van der Waals surface area contributed by atoms with Crippen molar-refractivity contribution in [2.75, 3.05) is 23.7 Å². The summed E-state index contributed by atoms with van der Waals surface area (Å²) >= 11 is 1.63. The van der Waals surface area contributed by atoms with Gasteiger partial charge in [-0.3, -0.25) is 9.59 Å². The van der Waals surface area contributed by atoms with Gasteiger partial charge in [0.15, 0.2) is 0 Å². The van der Waals surface area contributed by atoms with Gasteiger partial charge in [-0.05, 0) is 54.8 Å². The van der Waals surface area contributed by atoms with E-state index in [0.29, 0.717) is 24.4 Å². The molecule has 0 bridgehead atoms. The molecule has 176 valence electrons. The molecule has 0 unspecified atom stereocenters. The van der Waals surface area contributed by atoms with Crippen molar-refractivity contribution in [2.24, 2.45) is 0 Å². The zero-order chi connectivity index (χ0) is 23.9. The first kappa shape index (κ1) is 23.9. The summed E-state index contributed by atoms with van der Waals surface area (Å²) in [6.07, 6.45) is 0. The molecular formula is C28H31N3O2S. The van der Waals surface area contributed by atoms with Crippen LogP contribution in [0.5, 0.6) is 0 Å². The van der Waals surface area contributed by atoms with Gasteiger partial charge in [0.1, 0.15) is 5.37 Å². The van der Waals surface area contributed by atoms with Crippen molar-refractivity contribution in [3.63, 3.8) is 0 Å². The highest BCUT2D eigenvalue weighted by atomic mass is 32.2. The van der Waals surface area contributed by atoms with E-state index in [9.17, 15) is 9.59 Å². The lowest BCUT2D eigenvalue weighted by Crippen LogP contribution is -2.27. The first-order valence-corrected chi connectivity index (χ1v) is 12.8. The quantitative estimate of drug-likeness (QED) is 0.462. The number of rotatable bonds is 9. The Morgan fingerprint density at radius 1 is 0.941 bits per heavy atom. The molecule has 3 aromatic rings. The van der Waals surface area contributed by atoms with E-state index in [2.05, 4.69) is 48.3 Å². The predicted molar refractivity (Wildman–Crippen MR) is 140 cm³/mol. The van der Waals surface area contributed by atoms with Crippen LogP contribution in [0.2, 0.25) is 0 Å². The van der Waals surface area contributed by atoms with Crippen molar-refractivity contribution >= 4 is 29.3 Å². The summed E-state index contributed by atoms with van der Waals surface area (Å²) in [5.74, 6) is 0.524. The van der Waals surface area contributed by atoms with Crippen LogP contribution in [0.25, 0.3) is 0 Å².